The number of esters is 1. The van der Waals surface area contributed by atoms with Crippen LogP contribution in [0.1, 0.15) is 75.2 Å². The molecule has 214 valence electrons. The number of nitrogens with zero attached hydrogens (tertiary/aromatic N) is 5. The van der Waals surface area contributed by atoms with E-state index >= 15 is 0 Å². The summed E-state index contributed by atoms with van der Waals surface area (Å²) < 4.78 is 32.8. The third-order valence-electron chi connectivity index (χ3n) is 5.30. The number of ether oxygens (including phenoxy) is 2. The van der Waals surface area contributed by atoms with Crippen LogP contribution in [0.25, 0.3) is 11.2 Å². The summed E-state index contributed by atoms with van der Waals surface area (Å²) in [5, 5.41) is 7.16. The minimum absolute atomic E-state index is 0.288. The van der Waals surface area contributed by atoms with Crippen LogP contribution in [0.2, 0.25) is 0 Å². The van der Waals surface area contributed by atoms with E-state index in [2.05, 4.69) is 52.9 Å². The minimum atomic E-state index is -3.81. The molecule has 0 aliphatic rings. The molecule has 0 unspecified atom stereocenters. The van der Waals surface area contributed by atoms with Gasteiger partial charge in [0.2, 0.25) is 0 Å². The van der Waals surface area contributed by atoms with Crippen molar-refractivity contribution < 1.29 is 23.5 Å². The second kappa shape index (κ2) is 13.5. The first-order chi connectivity index (χ1) is 17.6. The number of carbonyl (C=O) groups excluding carboxylic acids is 1. The molecule has 3 N–H and O–H groups in total. The number of nitrogen functional groups attached to an aromatic ring is 1. The van der Waals surface area contributed by atoms with Gasteiger partial charge >= 0.3 is 13.5 Å². The van der Waals surface area contributed by atoms with Crippen LogP contribution in [0.4, 0.5) is 5.82 Å². The van der Waals surface area contributed by atoms with E-state index in [0.717, 1.165) is 5.71 Å². The fourth-order valence-electron chi connectivity index (χ4n) is 3.72. The standard InChI is InChI=1S/C25H44N7O5P/c1-16(2)10-20(11-17(3)4)30-37-38(34,31-25(8,9)24(33)36-18(5)6)15-35-19(7)12-32-14-29-21-22(26)27-13-28-23(21)32/h13-14,16-19H,10-12,15H2,1-9H3,(H,31,34)(H2,26,27,28)/t19-,38-/m1/s1. The highest BCUT2D eigenvalue weighted by atomic mass is 31.2. The van der Waals surface area contributed by atoms with Crippen LogP contribution in [0.3, 0.4) is 0 Å². The number of imidazole rings is 1. The summed E-state index contributed by atoms with van der Waals surface area (Å²) in [4.78, 5) is 25.2. The number of aromatic nitrogens is 4. The molecule has 2 rings (SSSR count). The molecular weight excluding hydrogens is 509 g/mol. The second-order valence-electron chi connectivity index (χ2n) is 11.2. The first kappa shape index (κ1) is 31.7. The number of anilines is 1. The van der Waals surface area contributed by atoms with E-state index in [1.807, 2.05) is 6.92 Å². The first-order valence-corrected chi connectivity index (χ1v) is 14.8. The van der Waals surface area contributed by atoms with Gasteiger partial charge in [-0.15, -0.1) is 0 Å². The quantitative estimate of drug-likeness (QED) is 0.137. The monoisotopic (exact) mass is 553 g/mol. The first-order valence-electron chi connectivity index (χ1n) is 13.0. The maximum absolute atomic E-state index is 14.0. The van der Waals surface area contributed by atoms with Crippen molar-refractivity contribution in [2.45, 2.75) is 99.4 Å². The number of carbonyl (C=O) groups is 1. The fourth-order valence-corrected chi connectivity index (χ4v) is 5.51. The lowest BCUT2D eigenvalue weighted by molar-refractivity contribution is -0.153. The van der Waals surface area contributed by atoms with E-state index in [1.165, 1.54) is 6.33 Å². The van der Waals surface area contributed by atoms with Crippen molar-refractivity contribution in [3.63, 3.8) is 0 Å². The van der Waals surface area contributed by atoms with E-state index in [1.54, 1.807) is 38.6 Å². The Morgan fingerprint density at radius 2 is 1.74 bits per heavy atom. The van der Waals surface area contributed by atoms with Crippen LogP contribution in [0.5, 0.6) is 0 Å². The third-order valence-corrected chi connectivity index (χ3v) is 7.04. The topological polar surface area (TPSA) is 156 Å². The molecule has 13 heteroatoms. The average Bonchev–Trinajstić information content (AvgIpc) is 3.19. The van der Waals surface area contributed by atoms with Gasteiger partial charge in [0.05, 0.1) is 30.8 Å². The molecule has 0 amide bonds. The van der Waals surface area contributed by atoms with Crippen molar-refractivity contribution in [2.24, 2.45) is 17.0 Å². The van der Waals surface area contributed by atoms with E-state index in [0.29, 0.717) is 42.4 Å². The zero-order chi connectivity index (χ0) is 28.7. The van der Waals surface area contributed by atoms with Gasteiger partial charge in [-0.2, -0.15) is 0 Å². The molecule has 0 saturated heterocycles. The lowest BCUT2D eigenvalue weighted by atomic mass is 9.99. The van der Waals surface area contributed by atoms with Gasteiger partial charge in [-0.1, -0.05) is 32.9 Å². The highest BCUT2D eigenvalue weighted by Gasteiger charge is 2.40. The Bertz CT molecular complexity index is 1130. The zero-order valence-corrected chi connectivity index (χ0v) is 25.0. The summed E-state index contributed by atoms with van der Waals surface area (Å²) >= 11 is 0. The van der Waals surface area contributed by atoms with Gasteiger partial charge in [-0.3, -0.25) is 9.36 Å². The predicted molar refractivity (Wildman–Crippen MR) is 149 cm³/mol. The molecule has 0 aliphatic heterocycles. The Labute approximate surface area is 225 Å². The molecule has 2 heterocycles. The van der Waals surface area contributed by atoms with Crippen molar-refractivity contribution in [3.8, 4) is 0 Å². The Morgan fingerprint density at radius 3 is 2.32 bits per heavy atom. The maximum Gasteiger partial charge on any atom is 0.365 e. The van der Waals surface area contributed by atoms with Crippen LogP contribution in [0, 0.1) is 11.8 Å². The Kier molecular flexibility index (Phi) is 11.2. The SMILES string of the molecule is CC(C)CC(CC(C)C)=NO[P@](=O)(CO[C@H](C)Cn1cnc2c(N)ncnc21)NC(C)(C)C(=O)OC(C)C. The smallest absolute Gasteiger partial charge is 0.365 e. The lowest BCUT2D eigenvalue weighted by Crippen LogP contribution is -2.47. The number of oxime groups is 1. The molecule has 0 bridgehead atoms. The predicted octanol–water partition coefficient (Wildman–Crippen LogP) is 4.75. The van der Waals surface area contributed by atoms with Crippen LogP contribution in [0.15, 0.2) is 17.8 Å². The Balaban J connectivity index is 2.24. The van der Waals surface area contributed by atoms with Gasteiger partial charge in [-0.05, 0) is 59.3 Å². The highest BCUT2D eigenvalue weighted by molar-refractivity contribution is 7.56. The van der Waals surface area contributed by atoms with E-state index in [4.69, 9.17) is 19.8 Å². The molecule has 2 aromatic rings. The van der Waals surface area contributed by atoms with Gasteiger partial charge in [0.15, 0.2) is 11.5 Å². The van der Waals surface area contributed by atoms with Crippen LogP contribution < -0.4 is 10.8 Å². The van der Waals surface area contributed by atoms with Crippen LogP contribution in [-0.2, 0) is 30.0 Å². The molecule has 38 heavy (non-hydrogen) atoms. The molecular formula is C25H44N7O5P. The van der Waals surface area contributed by atoms with Gasteiger partial charge in [0, 0.05) is 0 Å². The summed E-state index contributed by atoms with van der Waals surface area (Å²) in [7, 11) is -3.81. The van der Waals surface area contributed by atoms with Gasteiger partial charge in [-0.25, -0.2) is 20.0 Å². The van der Waals surface area contributed by atoms with Crippen molar-refractivity contribution in [1.29, 1.82) is 0 Å². The van der Waals surface area contributed by atoms with E-state index in [9.17, 15) is 9.36 Å². The Hall–Kier alpha value is -2.56. The molecule has 0 spiro atoms. The number of hydrogen-bond donors (Lipinski definition) is 2. The molecule has 2 atom stereocenters. The van der Waals surface area contributed by atoms with Crippen molar-refractivity contribution >= 4 is 36.2 Å². The number of nitrogens with one attached hydrogen (secondary N) is 1. The van der Waals surface area contributed by atoms with E-state index < -0.39 is 25.1 Å². The molecule has 0 aliphatic carbocycles. The molecule has 12 nitrogen and oxygen atoms in total. The van der Waals surface area contributed by atoms with Crippen molar-refractivity contribution in [3.05, 3.63) is 12.7 Å². The summed E-state index contributed by atoms with van der Waals surface area (Å²) in [5.41, 5.74) is 6.43. The van der Waals surface area contributed by atoms with Gasteiger partial charge < -0.3 is 24.4 Å². The van der Waals surface area contributed by atoms with Crippen molar-refractivity contribution in [1.82, 2.24) is 24.6 Å². The highest BCUT2D eigenvalue weighted by Crippen LogP contribution is 2.46. The molecule has 0 saturated carbocycles. The largest absolute Gasteiger partial charge is 0.462 e. The van der Waals surface area contributed by atoms with Gasteiger partial charge in [0.25, 0.3) is 0 Å². The minimum Gasteiger partial charge on any atom is -0.462 e. The van der Waals surface area contributed by atoms with Crippen LogP contribution >= 0.6 is 7.52 Å². The number of fused-ring (bicyclic) bond motifs is 1. The Morgan fingerprint density at radius 1 is 1.11 bits per heavy atom. The van der Waals surface area contributed by atoms with Crippen LogP contribution in [-0.4, -0.2) is 55.3 Å². The normalized spacial score (nSPS) is 14.6. The average molecular weight is 554 g/mol. The van der Waals surface area contributed by atoms with E-state index in [-0.39, 0.29) is 18.3 Å². The number of rotatable bonds is 15. The fraction of sp³-hybridized carbons (Fsp3) is 0.720. The van der Waals surface area contributed by atoms with Gasteiger partial charge in [0.1, 0.15) is 23.7 Å². The van der Waals surface area contributed by atoms with Crippen molar-refractivity contribution in [2.75, 3.05) is 12.1 Å². The second-order valence-corrected chi connectivity index (χ2v) is 13.2. The number of nitrogens with two attached hydrogens (primary N) is 1. The molecule has 2 aromatic heterocycles. The third kappa shape index (κ3) is 9.63. The lowest BCUT2D eigenvalue weighted by Gasteiger charge is -2.29. The summed E-state index contributed by atoms with van der Waals surface area (Å²) in [5.74, 6) is 0.427. The molecule has 0 aromatic carbocycles. The summed E-state index contributed by atoms with van der Waals surface area (Å²) in [6.07, 6.45) is 3.31. The molecule has 0 fully saturated rings. The molecule has 0 radical (unpaired) electrons. The number of hydrogen-bond acceptors (Lipinski definition) is 10. The summed E-state index contributed by atoms with van der Waals surface area (Å²) in [6, 6.07) is 0. The maximum atomic E-state index is 14.0. The summed E-state index contributed by atoms with van der Waals surface area (Å²) in [6.45, 7) is 17.2. The zero-order valence-electron chi connectivity index (χ0n) is 24.1.